The minimum atomic E-state index is 0.0294. The van der Waals surface area contributed by atoms with Crippen LogP contribution in [0.4, 0.5) is 0 Å². The van der Waals surface area contributed by atoms with Gasteiger partial charge in [-0.05, 0) is 48.0 Å². The second kappa shape index (κ2) is 4.39. The molecule has 0 amide bonds. The zero-order valence-electron chi connectivity index (χ0n) is 9.33. The number of aromatic nitrogens is 3. The van der Waals surface area contributed by atoms with Crippen molar-refractivity contribution in [3.8, 4) is 0 Å². The van der Waals surface area contributed by atoms with Gasteiger partial charge in [-0.1, -0.05) is 10.9 Å². The van der Waals surface area contributed by atoms with Gasteiger partial charge in [-0.2, -0.15) is 0 Å². The Bertz CT molecular complexity index is 599. The highest BCUT2D eigenvalue weighted by Gasteiger charge is 2.18. The van der Waals surface area contributed by atoms with Crippen molar-refractivity contribution in [1.29, 1.82) is 0 Å². The molecule has 1 unspecified atom stereocenters. The van der Waals surface area contributed by atoms with Crippen LogP contribution in [0.5, 0.6) is 0 Å². The predicted octanol–water partition coefficient (Wildman–Crippen LogP) is 0.337. The Morgan fingerprint density at radius 1 is 1.50 bits per heavy atom. The smallest absolute Gasteiger partial charge is 0.279 e. The van der Waals surface area contributed by atoms with Gasteiger partial charge >= 0.3 is 0 Å². The van der Waals surface area contributed by atoms with Gasteiger partial charge in [0.2, 0.25) is 0 Å². The summed E-state index contributed by atoms with van der Waals surface area (Å²) in [4.78, 5) is 5.71. The Kier molecular flexibility index (Phi) is 2.73. The molecule has 1 aliphatic heterocycles. The number of hydroxylamine groups is 1. The topological polar surface area (TPSA) is 84.2 Å². The molecule has 7 nitrogen and oxygen atoms in total. The minimum Gasteiger partial charge on any atom is -0.410 e. The summed E-state index contributed by atoms with van der Waals surface area (Å²) in [5, 5.41) is 20.1. The van der Waals surface area contributed by atoms with E-state index in [1.807, 2.05) is 12.1 Å². The maximum Gasteiger partial charge on any atom is 0.279 e. The van der Waals surface area contributed by atoms with E-state index >= 15 is 0 Å². The number of nitrogens with zero attached hydrogens (tertiary/aromatic N) is 3. The van der Waals surface area contributed by atoms with Crippen LogP contribution in [0.1, 0.15) is 12.0 Å². The minimum absolute atomic E-state index is 0.0294. The first-order chi connectivity index (χ1) is 8.72. The fraction of sp³-hybridized carbons (Fsp3) is 0.300. The van der Waals surface area contributed by atoms with E-state index in [2.05, 4.69) is 21.1 Å². The first-order valence-corrected chi connectivity index (χ1v) is 5.90. The zero-order chi connectivity index (χ0) is 12.5. The van der Waals surface area contributed by atoms with E-state index < -0.39 is 0 Å². The molecule has 0 bridgehead atoms. The molecule has 94 valence electrons. The second-order valence-corrected chi connectivity index (χ2v) is 4.42. The number of rotatable bonds is 3. The van der Waals surface area contributed by atoms with Crippen molar-refractivity contribution in [2.75, 3.05) is 0 Å². The van der Waals surface area contributed by atoms with Gasteiger partial charge in [0.1, 0.15) is 17.2 Å². The molecule has 1 aromatic heterocycles. The lowest BCUT2D eigenvalue weighted by Gasteiger charge is -2.07. The Hall–Kier alpha value is -1.93. The van der Waals surface area contributed by atoms with Crippen LogP contribution in [-0.4, -0.2) is 31.7 Å². The molecule has 3 N–H and O–H groups in total. The summed E-state index contributed by atoms with van der Waals surface area (Å²) in [6, 6.07) is 5.64. The number of aryl methyl sites for hydroxylation is 1. The lowest BCUT2D eigenvalue weighted by atomic mass is 10.1. The third-order valence-electron chi connectivity index (χ3n) is 2.80. The van der Waals surface area contributed by atoms with Gasteiger partial charge < -0.3 is 15.4 Å². The second-order valence-electron chi connectivity index (χ2n) is 4.04. The monoisotopic (exact) mass is 265 g/mol. The Balaban J connectivity index is 1.69. The van der Waals surface area contributed by atoms with Gasteiger partial charge in [0.05, 0.1) is 0 Å². The van der Waals surface area contributed by atoms with E-state index in [1.165, 1.54) is 0 Å². The molecular formula is C10H11N5O2S. The van der Waals surface area contributed by atoms with Gasteiger partial charge in [0.15, 0.2) is 0 Å². The molecule has 0 radical (unpaired) electrons. The lowest BCUT2D eigenvalue weighted by molar-refractivity contribution is 0.155. The molecule has 2 aromatic rings. The number of hydrogen-bond acceptors (Lipinski definition) is 6. The number of benzene rings is 1. The van der Waals surface area contributed by atoms with E-state index in [9.17, 15) is 5.21 Å². The van der Waals surface area contributed by atoms with Crippen molar-refractivity contribution in [2.24, 2.45) is 0 Å². The number of hydrogen-bond donors (Lipinski definition) is 3. The highest BCUT2D eigenvalue weighted by atomic mass is 32.1. The molecule has 18 heavy (non-hydrogen) atoms. The van der Waals surface area contributed by atoms with E-state index in [4.69, 9.17) is 17.1 Å². The van der Waals surface area contributed by atoms with E-state index in [1.54, 1.807) is 6.07 Å². The lowest BCUT2D eigenvalue weighted by Crippen LogP contribution is -2.31. The van der Waals surface area contributed by atoms with Crippen LogP contribution < -0.4 is 10.8 Å². The maximum atomic E-state index is 9.33. The van der Waals surface area contributed by atoms with Crippen LogP contribution in [0.15, 0.2) is 18.2 Å². The number of nitrogens with one attached hydrogen (secondary N) is 2. The average molecular weight is 265 g/mol. The first-order valence-electron chi connectivity index (χ1n) is 5.49. The van der Waals surface area contributed by atoms with Crippen molar-refractivity contribution < 1.29 is 10.0 Å². The SMILES string of the molecule is On1nnc2cc(CCC3NOC(=S)N3)ccc21. The van der Waals surface area contributed by atoms with Crippen molar-refractivity contribution in [3.05, 3.63) is 23.8 Å². The van der Waals surface area contributed by atoms with Crippen molar-refractivity contribution >= 4 is 28.4 Å². The summed E-state index contributed by atoms with van der Waals surface area (Å²) in [5.74, 6) is 0. The maximum absolute atomic E-state index is 9.33. The zero-order valence-corrected chi connectivity index (χ0v) is 10.1. The molecule has 1 aliphatic rings. The molecule has 1 saturated heterocycles. The van der Waals surface area contributed by atoms with Crippen LogP contribution in [0.3, 0.4) is 0 Å². The largest absolute Gasteiger partial charge is 0.410 e. The third-order valence-corrected chi connectivity index (χ3v) is 3.00. The molecule has 3 rings (SSSR count). The van der Waals surface area contributed by atoms with Gasteiger partial charge in [0, 0.05) is 0 Å². The van der Waals surface area contributed by atoms with Gasteiger partial charge in [-0.3, -0.25) is 0 Å². The third kappa shape index (κ3) is 2.07. The summed E-state index contributed by atoms with van der Waals surface area (Å²) in [7, 11) is 0. The number of fused-ring (bicyclic) bond motifs is 1. The van der Waals surface area contributed by atoms with Gasteiger partial charge in [-0.15, -0.1) is 10.6 Å². The highest BCUT2D eigenvalue weighted by molar-refractivity contribution is 7.80. The number of thiocarbonyl (C=S) groups is 1. The molecule has 1 aromatic carbocycles. The van der Waals surface area contributed by atoms with E-state index in [0.29, 0.717) is 16.2 Å². The van der Waals surface area contributed by atoms with Crippen LogP contribution in [0, 0.1) is 0 Å². The predicted molar refractivity (Wildman–Crippen MR) is 66.8 cm³/mol. The summed E-state index contributed by atoms with van der Waals surface area (Å²) in [5.41, 5.74) is 5.18. The van der Waals surface area contributed by atoms with Crippen molar-refractivity contribution in [1.82, 2.24) is 26.0 Å². The van der Waals surface area contributed by atoms with Crippen molar-refractivity contribution in [3.63, 3.8) is 0 Å². The fourth-order valence-corrected chi connectivity index (χ4v) is 2.07. The highest BCUT2D eigenvalue weighted by Crippen LogP contribution is 2.14. The van der Waals surface area contributed by atoms with E-state index in [0.717, 1.165) is 23.3 Å². The standard InChI is InChI=1S/C10H11N5O2S/c16-15-8-3-1-6(5-7(8)12-14-15)2-4-9-11-10(18)17-13-9/h1,3,5,9,13,16H,2,4H2,(H,11,18). The quantitative estimate of drug-likeness (QED) is 0.545. The van der Waals surface area contributed by atoms with Crippen LogP contribution in [0.2, 0.25) is 0 Å². The summed E-state index contributed by atoms with van der Waals surface area (Å²) in [6.45, 7) is 0. The molecule has 1 fully saturated rings. The Labute approximate surface area is 108 Å². The van der Waals surface area contributed by atoms with Crippen LogP contribution in [0.25, 0.3) is 11.0 Å². The van der Waals surface area contributed by atoms with Crippen LogP contribution >= 0.6 is 12.2 Å². The molecule has 8 heteroatoms. The summed E-state index contributed by atoms with van der Waals surface area (Å²) >= 11 is 4.85. The molecule has 0 aliphatic carbocycles. The normalized spacial score (nSPS) is 18.9. The first kappa shape index (κ1) is 11.2. The average Bonchev–Trinajstić information content (AvgIpc) is 2.94. The van der Waals surface area contributed by atoms with Gasteiger partial charge in [0.25, 0.3) is 5.17 Å². The summed E-state index contributed by atoms with van der Waals surface area (Å²) < 4.78 is 0. The van der Waals surface area contributed by atoms with Crippen LogP contribution in [-0.2, 0) is 11.3 Å². The van der Waals surface area contributed by atoms with Gasteiger partial charge in [-0.25, -0.2) is 0 Å². The molecular weight excluding hydrogens is 254 g/mol. The molecule has 1 atom stereocenters. The molecule has 0 spiro atoms. The van der Waals surface area contributed by atoms with Crippen molar-refractivity contribution in [2.45, 2.75) is 19.0 Å². The molecule has 2 heterocycles. The molecule has 0 saturated carbocycles. The van der Waals surface area contributed by atoms with E-state index in [-0.39, 0.29) is 6.17 Å². The summed E-state index contributed by atoms with van der Waals surface area (Å²) in [6.07, 6.45) is 1.70. The Morgan fingerprint density at radius 2 is 2.39 bits per heavy atom. The Morgan fingerprint density at radius 3 is 3.17 bits per heavy atom. The fourth-order valence-electron chi connectivity index (χ4n) is 1.88.